The number of carbonyl (C=O) groups excluding carboxylic acids is 2. The number of hydrogen-bond acceptors (Lipinski definition) is 15. The Morgan fingerprint density at radius 3 is 1.44 bits per heavy atom. The molecule has 0 radical (unpaired) electrons. The molecule has 0 bridgehead atoms. The van der Waals surface area contributed by atoms with E-state index in [0.717, 1.165) is 64.2 Å². The molecule has 2 aliphatic heterocycles. The van der Waals surface area contributed by atoms with Gasteiger partial charge in [0.2, 0.25) is 0 Å². The Morgan fingerprint density at radius 2 is 0.939 bits per heavy atom. The molecule has 0 saturated carbocycles. The Balaban J connectivity index is 1.91. The number of carbonyl (C=O) groups is 2. The lowest BCUT2D eigenvalue weighted by atomic mass is 9.98. The monoisotopic (exact) mass is 931 g/mol. The highest BCUT2D eigenvalue weighted by molar-refractivity contribution is 5.71. The molecule has 372 valence electrons. The van der Waals surface area contributed by atoms with Crippen molar-refractivity contribution in [2.75, 3.05) is 26.4 Å². The lowest BCUT2D eigenvalue weighted by Crippen LogP contribution is -2.61. The van der Waals surface area contributed by atoms with Crippen LogP contribution in [-0.2, 0) is 38.0 Å². The molecule has 15 heteroatoms. The third-order valence-electron chi connectivity index (χ3n) is 10.3. The van der Waals surface area contributed by atoms with Crippen molar-refractivity contribution in [1.82, 2.24) is 0 Å². The second-order valence-electron chi connectivity index (χ2n) is 15.8. The van der Waals surface area contributed by atoms with E-state index >= 15 is 0 Å². The maximum atomic E-state index is 12.9. The minimum Gasteiger partial charge on any atom is -0.461 e. The lowest BCUT2D eigenvalue weighted by molar-refractivity contribution is -0.332. The summed E-state index contributed by atoms with van der Waals surface area (Å²) in [6.07, 6.45) is 30.2. The van der Waals surface area contributed by atoms with Crippen LogP contribution in [0.2, 0.25) is 0 Å². The molecule has 0 amide bonds. The molecule has 2 fully saturated rings. The first-order valence-corrected chi connectivity index (χ1v) is 23.5. The third kappa shape index (κ3) is 25.3. The van der Waals surface area contributed by atoms with Crippen LogP contribution in [0.25, 0.3) is 0 Å². The molecular formula is C51H78O15. The predicted octanol–water partition coefficient (Wildman–Crippen LogP) is 5.59. The van der Waals surface area contributed by atoms with Crippen LogP contribution in [0.4, 0.5) is 0 Å². The number of rotatable bonds is 33. The summed E-state index contributed by atoms with van der Waals surface area (Å²) in [5, 5.41) is 71.9. The number of unbranched alkanes of at least 4 members (excludes halogenated alkanes) is 2. The summed E-state index contributed by atoms with van der Waals surface area (Å²) < 4.78 is 33.3. The first kappa shape index (κ1) is 58.3. The highest BCUT2D eigenvalue weighted by atomic mass is 16.7. The van der Waals surface area contributed by atoms with Crippen molar-refractivity contribution in [2.45, 2.75) is 171 Å². The predicted molar refractivity (Wildman–Crippen MR) is 251 cm³/mol. The van der Waals surface area contributed by atoms with Crippen LogP contribution in [0.3, 0.4) is 0 Å². The molecule has 11 atom stereocenters. The SMILES string of the molecule is CC/C=C\C/C=C\C/C=C\C/C=C\C/C=C\CC(=O)OC[C@H](CO[C@@H]1O[C@H](CO[C@H]2O[C@H](CO)[C@H](O)C(O)C2O)[C@H](O)C(O)C1O)OC(=O)CCCC/C=C\C/C=C\C/C=C\C/C=C\CC. The third-order valence-corrected chi connectivity index (χ3v) is 10.3. The molecule has 4 unspecified atom stereocenters. The summed E-state index contributed by atoms with van der Waals surface area (Å²) in [6.45, 7) is 2.16. The standard InChI is InChI=1S/C51H78O15/c1-3-5-7-9-11-13-15-17-19-21-23-25-27-29-31-33-42(53)61-36-39(64-43(54)34-32-30-28-26-24-22-20-18-16-14-12-10-8-6-4-2)37-62-50-49(60)47(58)45(56)41(66-50)38-63-51-48(59)46(57)44(55)40(35-52)65-51/h5-8,11-14,17-20,23-26,29,31,39-41,44-52,55-60H,3-4,9-10,15-16,21-22,27-28,30,32-38H2,1-2H3/b7-5-,8-6-,13-11-,14-12-,19-17-,20-18-,25-23-,26-24-,31-29-/t39-,40-,41-,44+,45+,46?,47?,48?,49?,50-,51+/m1/s1. The highest BCUT2D eigenvalue weighted by Gasteiger charge is 2.47. The van der Waals surface area contributed by atoms with E-state index in [4.69, 9.17) is 28.4 Å². The van der Waals surface area contributed by atoms with Crippen molar-refractivity contribution in [3.63, 3.8) is 0 Å². The van der Waals surface area contributed by atoms with Crippen molar-refractivity contribution >= 4 is 11.9 Å². The molecule has 2 saturated heterocycles. The Hall–Kier alpha value is -3.84. The fourth-order valence-corrected chi connectivity index (χ4v) is 6.45. The Kier molecular flexibility index (Phi) is 32.8. The zero-order chi connectivity index (χ0) is 48.2. The number of ether oxygens (including phenoxy) is 6. The first-order valence-electron chi connectivity index (χ1n) is 23.5. The van der Waals surface area contributed by atoms with Crippen LogP contribution < -0.4 is 0 Å². The van der Waals surface area contributed by atoms with Gasteiger partial charge in [0.15, 0.2) is 18.7 Å². The summed E-state index contributed by atoms with van der Waals surface area (Å²) in [7, 11) is 0. The Labute approximate surface area is 391 Å². The molecule has 0 spiro atoms. The van der Waals surface area contributed by atoms with Crippen LogP contribution in [0.15, 0.2) is 109 Å². The molecule has 66 heavy (non-hydrogen) atoms. The van der Waals surface area contributed by atoms with Gasteiger partial charge in [-0.2, -0.15) is 0 Å². The average Bonchev–Trinajstić information content (AvgIpc) is 3.31. The van der Waals surface area contributed by atoms with Gasteiger partial charge in [0.05, 0.1) is 26.2 Å². The number of aliphatic hydroxyl groups is 7. The van der Waals surface area contributed by atoms with E-state index in [9.17, 15) is 45.3 Å². The minimum atomic E-state index is -1.79. The zero-order valence-electron chi connectivity index (χ0n) is 38.9. The molecule has 2 rings (SSSR count). The molecular weight excluding hydrogens is 853 g/mol. The molecule has 7 N–H and O–H groups in total. The first-order chi connectivity index (χ1) is 32.0. The maximum Gasteiger partial charge on any atom is 0.309 e. The van der Waals surface area contributed by atoms with Crippen LogP contribution >= 0.6 is 0 Å². The number of hydrogen-bond donors (Lipinski definition) is 7. The van der Waals surface area contributed by atoms with Gasteiger partial charge in [-0.25, -0.2) is 0 Å². The molecule has 0 aromatic carbocycles. The second kappa shape index (κ2) is 37.2. The molecule has 0 aromatic heterocycles. The normalized spacial score (nSPS) is 27.2. The quantitative estimate of drug-likeness (QED) is 0.0242. The molecule has 2 aliphatic rings. The average molecular weight is 931 g/mol. The van der Waals surface area contributed by atoms with E-state index in [1.807, 2.05) is 18.2 Å². The summed E-state index contributed by atoms with van der Waals surface area (Å²) in [6, 6.07) is 0. The largest absolute Gasteiger partial charge is 0.461 e. The van der Waals surface area contributed by atoms with E-state index in [1.165, 1.54) is 0 Å². The molecule has 0 aromatic rings. The van der Waals surface area contributed by atoms with Crippen LogP contribution in [0.5, 0.6) is 0 Å². The lowest BCUT2D eigenvalue weighted by Gasteiger charge is -2.42. The van der Waals surface area contributed by atoms with Gasteiger partial charge in [-0.15, -0.1) is 0 Å². The summed E-state index contributed by atoms with van der Waals surface area (Å²) in [5.41, 5.74) is 0. The van der Waals surface area contributed by atoms with Crippen molar-refractivity contribution < 1.29 is 73.8 Å². The molecule has 15 nitrogen and oxygen atoms in total. The highest BCUT2D eigenvalue weighted by Crippen LogP contribution is 2.26. The van der Waals surface area contributed by atoms with Crippen molar-refractivity contribution in [3.8, 4) is 0 Å². The molecule has 0 aliphatic carbocycles. The Morgan fingerprint density at radius 1 is 0.500 bits per heavy atom. The van der Waals surface area contributed by atoms with E-state index < -0.39 is 99.3 Å². The van der Waals surface area contributed by atoms with Gasteiger partial charge in [0.1, 0.15) is 55.4 Å². The molecule has 2 heterocycles. The fourth-order valence-electron chi connectivity index (χ4n) is 6.45. The number of aliphatic hydroxyl groups excluding tert-OH is 7. The van der Waals surface area contributed by atoms with Crippen LogP contribution in [0, 0.1) is 0 Å². The maximum absolute atomic E-state index is 12.9. The van der Waals surface area contributed by atoms with Gasteiger partial charge in [-0.05, 0) is 77.0 Å². The fraction of sp³-hybridized carbons (Fsp3) is 0.608. The van der Waals surface area contributed by atoms with E-state index in [1.54, 1.807) is 6.08 Å². The van der Waals surface area contributed by atoms with Gasteiger partial charge >= 0.3 is 11.9 Å². The van der Waals surface area contributed by atoms with Crippen LogP contribution in [0.1, 0.15) is 104 Å². The summed E-state index contributed by atoms with van der Waals surface area (Å²) >= 11 is 0. The van der Waals surface area contributed by atoms with Gasteiger partial charge in [-0.1, -0.05) is 123 Å². The van der Waals surface area contributed by atoms with E-state index in [2.05, 4.69) is 98.9 Å². The van der Waals surface area contributed by atoms with Crippen molar-refractivity contribution in [3.05, 3.63) is 109 Å². The second-order valence-corrected chi connectivity index (χ2v) is 15.8. The number of allylic oxidation sites excluding steroid dienone is 17. The van der Waals surface area contributed by atoms with Crippen molar-refractivity contribution in [2.24, 2.45) is 0 Å². The topological polar surface area (TPSA) is 231 Å². The van der Waals surface area contributed by atoms with Crippen molar-refractivity contribution in [1.29, 1.82) is 0 Å². The summed E-state index contributed by atoms with van der Waals surface area (Å²) in [4.78, 5) is 25.6. The van der Waals surface area contributed by atoms with Crippen LogP contribution in [-0.4, -0.2) is 142 Å². The minimum absolute atomic E-state index is 0.0308. The smallest absolute Gasteiger partial charge is 0.309 e. The van der Waals surface area contributed by atoms with Gasteiger partial charge in [0.25, 0.3) is 0 Å². The Bertz CT molecular complexity index is 1560. The van der Waals surface area contributed by atoms with E-state index in [-0.39, 0.29) is 19.4 Å². The van der Waals surface area contributed by atoms with Gasteiger partial charge in [0, 0.05) is 6.42 Å². The summed E-state index contributed by atoms with van der Waals surface area (Å²) in [5.74, 6) is -1.14. The van der Waals surface area contributed by atoms with E-state index in [0.29, 0.717) is 12.8 Å². The van der Waals surface area contributed by atoms with Gasteiger partial charge in [-0.3, -0.25) is 9.59 Å². The van der Waals surface area contributed by atoms with Gasteiger partial charge < -0.3 is 64.2 Å². The number of esters is 2. The zero-order valence-corrected chi connectivity index (χ0v) is 38.9.